The molecule has 1 aliphatic carbocycles. The van der Waals surface area contributed by atoms with Crippen LogP contribution in [0.15, 0.2) is 33.8 Å². The lowest BCUT2D eigenvalue weighted by Gasteiger charge is -2.29. The second-order valence-corrected chi connectivity index (χ2v) is 12.0. The van der Waals surface area contributed by atoms with E-state index in [1.165, 1.54) is 12.1 Å². The molecule has 0 radical (unpaired) electrons. The Bertz CT molecular complexity index is 1260. The maximum atomic E-state index is 13.6. The van der Waals surface area contributed by atoms with Gasteiger partial charge in [-0.1, -0.05) is 32.1 Å². The standard InChI is InChI=1S/C26H33F4N3O4S/c1-16(14-33-11-10-19-13-20(27)8-9-23(19)33)31-25(34)22(12-18-6-4-3-5-7-18)32-38(35,36)24-17(2)37-15-21(24)26(28,29)30/h8-9,13,15-16,18,22,32H,3-7,10-12,14H2,1-2H3,(H,31,34). The Labute approximate surface area is 220 Å². The number of hydrogen-bond donors (Lipinski definition) is 2. The fraction of sp³-hybridized carbons (Fsp3) is 0.577. The molecule has 2 heterocycles. The van der Waals surface area contributed by atoms with Gasteiger partial charge in [-0.05, 0) is 56.4 Å². The number of aryl methyl sites for hydroxylation is 1. The second kappa shape index (κ2) is 11.3. The fourth-order valence-electron chi connectivity index (χ4n) is 5.53. The van der Waals surface area contributed by atoms with Crippen molar-refractivity contribution < 1.29 is 35.2 Å². The lowest BCUT2D eigenvalue weighted by molar-refractivity contribution is -0.140. The summed E-state index contributed by atoms with van der Waals surface area (Å²) in [5, 5.41) is 2.84. The predicted molar refractivity (Wildman–Crippen MR) is 134 cm³/mol. The van der Waals surface area contributed by atoms with E-state index in [-0.39, 0.29) is 18.2 Å². The smallest absolute Gasteiger partial charge is 0.420 e. The third-order valence-corrected chi connectivity index (χ3v) is 8.96. The van der Waals surface area contributed by atoms with Crippen molar-refractivity contribution in [1.29, 1.82) is 0 Å². The van der Waals surface area contributed by atoms with Gasteiger partial charge in [-0.3, -0.25) is 4.79 Å². The van der Waals surface area contributed by atoms with E-state index in [9.17, 15) is 30.8 Å². The van der Waals surface area contributed by atoms with E-state index >= 15 is 0 Å². The van der Waals surface area contributed by atoms with E-state index in [1.54, 1.807) is 13.0 Å². The van der Waals surface area contributed by atoms with E-state index in [2.05, 4.69) is 10.0 Å². The number of sulfonamides is 1. The second-order valence-electron chi connectivity index (χ2n) is 10.3. The van der Waals surface area contributed by atoms with Gasteiger partial charge in [-0.2, -0.15) is 17.9 Å². The summed E-state index contributed by atoms with van der Waals surface area (Å²) in [4.78, 5) is 14.4. The predicted octanol–water partition coefficient (Wildman–Crippen LogP) is 4.93. The first-order valence-corrected chi connectivity index (χ1v) is 14.3. The molecule has 1 amide bonds. The SMILES string of the molecule is Cc1occ(C(F)(F)F)c1S(=O)(=O)NC(CC1CCCCC1)C(=O)NC(C)CN1CCc2cc(F)ccc21. The van der Waals surface area contributed by atoms with E-state index in [4.69, 9.17) is 4.42 Å². The van der Waals surface area contributed by atoms with Gasteiger partial charge in [0.25, 0.3) is 0 Å². The van der Waals surface area contributed by atoms with Crippen LogP contribution >= 0.6 is 0 Å². The lowest BCUT2D eigenvalue weighted by atomic mass is 9.85. The van der Waals surface area contributed by atoms with Crippen LogP contribution in [0.1, 0.15) is 62.3 Å². The Hall–Kier alpha value is -2.60. The van der Waals surface area contributed by atoms with Crippen LogP contribution < -0.4 is 14.9 Å². The molecule has 1 saturated carbocycles. The molecule has 2 aliphatic rings. The molecule has 1 aliphatic heterocycles. The highest BCUT2D eigenvalue weighted by Crippen LogP contribution is 2.37. The summed E-state index contributed by atoms with van der Waals surface area (Å²) in [6.45, 7) is 3.97. The molecule has 1 aromatic carbocycles. The first-order chi connectivity index (χ1) is 17.8. The first kappa shape index (κ1) is 28.4. The third kappa shape index (κ3) is 6.51. The molecule has 0 bridgehead atoms. The Morgan fingerprint density at radius 1 is 1.21 bits per heavy atom. The van der Waals surface area contributed by atoms with Crippen LogP contribution in [-0.4, -0.2) is 39.5 Å². The summed E-state index contributed by atoms with van der Waals surface area (Å²) in [5.74, 6) is -1.24. The van der Waals surface area contributed by atoms with E-state index in [1.807, 2.05) is 4.90 Å². The van der Waals surface area contributed by atoms with Crippen molar-refractivity contribution in [3.05, 3.63) is 47.2 Å². The zero-order chi connectivity index (χ0) is 27.7. The molecule has 38 heavy (non-hydrogen) atoms. The number of furan rings is 1. The van der Waals surface area contributed by atoms with Crippen molar-refractivity contribution in [3.63, 3.8) is 0 Å². The normalized spacial score (nSPS) is 18.3. The maximum absolute atomic E-state index is 13.6. The van der Waals surface area contributed by atoms with Crippen molar-refractivity contribution in [2.45, 2.75) is 81.9 Å². The van der Waals surface area contributed by atoms with Crippen molar-refractivity contribution in [2.24, 2.45) is 5.92 Å². The summed E-state index contributed by atoms with van der Waals surface area (Å²) in [7, 11) is -4.73. The van der Waals surface area contributed by atoms with Gasteiger partial charge in [0.15, 0.2) is 0 Å². The van der Waals surface area contributed by atoms with Gasteiger partial charge in [-0.15, -0.1) is 0 Å². The first-order valence-electron chi connectivity index (χ1n) is 12.9. The van der Waals surface area contributed by atoms with Gasteiger partial charge in [0.1, 0.15) is 34.3 Å². The van der Waals surface area contributed by atoms with Crippen LogP contribution in [0.2, 0.25) is 0 Å². The molecule has 0 saturated heterocycles. The minimum absolute atomic E-state index is 0.0744. The Kier molecular flexibility index (Phi) is 8.41. The van der Waals surface area contributed by atoms with Gasteiger partial charge < -0.3 is 14.6 Å². The number of rotatable bonds is 9. The molecular weight excluding hydrogens is 526 g/mol. The summed E-state index contributed by atoms with van der Waals surface area (Å²) in [5.41, 5.74) is 0.348. The zero-order valence-electron chi connectivity index (χ0n) is 21.4. The number of benzene rings is 1. The molecular formula is C26H33F4N3O4S. The number of nitrogens with one attached hydrogen (secondary N) is 2. The Morgan fingerprint density at radius 3 is 2.61 bits per heavy atom. The van der Waals surface area contributed by atoms with Crippen LogP contribution in [0.25, 0.3) is 0 Å². The number of halogens is 4. The van der Waals surface area contributed by atoms with Gasteiger partial charge in [0.2, 0.25) is 15.9 Å². The molecule has 0 spiro atoms. The number of fused-ring (bicyclic) bond motifs is 1. The topological polar surface area (TPSA) is 91.6 Å². The van der Waals surface area contributed by atoms with Crippen LogP contribution in [0, 0.1) is 18.7 Å². The minimum atomic E-state index is -4.94. The average molecular weight is 560 g/mol. The molecule has 12 heteroatoms. The van der Waals surface area contributed by atoms with Crippen LogP contribution in [-0.2, 0) is 27.4 Å². The van der Waals surface area contributed by atoms with Crippen molar-refractivity contribution in [2.75, 3.05) is 18.0 Å². The number of hydrogen-bond acceptors (Lipinski definition) is 5. The average Bonchev–Trinajstić information content (AvgIpc) is 3.42. The van der Waals surface area contributed by atoms with Crippen molar-refractivity contribution in [3.8, 4) is 0 Å². The van der Waals surface area contributed by atoms with Crippen LogP contribution in [0.4, 0.5) is 23.2 Å². The summed E-state index contributed by atoms with van der Waals surface area (Å²) in [6.07, 6.45) is 0.897. The van der Waals surface area contributed by atoms with Crippen molar-refractivity contribution >= 4 is 21.6 Å². The fourth-order valence-corrected chi connectivity index (χ4v) is 7.11. The Morgan fingerprint density at radius 2 is 1.92 bits per heavy atom. The van der Waals surface area contributed by atoms with Gasteiger partial charge in [0.05, 0.1) is 0 Å². The molecule has 2 aromatic rings. The number of alkyl halides is 3. The summed E-state index contributed by atoms with van der Waals surface area (Å²) >= 11 is 0. The van der Waals surface area contributed by atoms with Gasteiger partial charge >= 0.3 is 6.18 Å². The highest BCUT2D eigenvalue weighted by atomic mass is 32.2. The molecule has 2 atom stereocenters. The quantitative estimate of drug-likeness (QED) is 0.425. The largest absolute Gasteiger partial charge is 0.468 e. The summed E-state index contributed by atoms with van der Waals surface area (Å²) in [6, 6.07) is 2.90. The molecule has 210 valence electrons. The van der Waals surface area contributed by atoms with Crippen LogP contribution in [0.5, 0.6) is 0 Å². The molecule has 7 nitrogen and oxygen atoms in total. The number of carbonyl (C=O) groups is 1. The number of nitrogens with zero attached hydrogens (tertiary/aromatic N) is 1. The van der Waals surface area contributed by atoms with Crippen LogP contribution in [0.3, 0.4) is 0 Å². The Balaban J connectivity index is 1.50. The highest BCUT2D eigenvalue weighted by Gasteiger charge is 2.42. The van der Waals surface area contributed by atoms with Gasteiger partial charge in [-0.25, -0.2) is 12.8 Å². The van der Waals surface area contributed by atoms with E-state index < -0.39 is 50.4 Å². The van der Waals surface area contributed by atoms with E-state index in [0.29, 0.717) is 25.8 Å². The monoisotopic (exact) mass is 559 g/mol. The van der Waals surface area contributed by atoms with E-state index in [0.717, 1.165) is 50.3 Å². The molecule has 2 unspecified atom stereocenters. The molecule has 1 aromatic heterocycles. The molecule has 4 rings (SSSR count). The minimum Gasteiger partial charge on any atom is -0.468 e. The highest BCUT2D eigenvalue weighted by molar-refractivity contribution is 7.89. The van der Waals surface area contributed by atoms with Crippen molar-refractivity contribution in [1.82, 2.24) is 10.0 Å². The lowest BCUT2D eigenvalue weighted by Crippen LogP contribution is -2.52. The van der Waals surface area contributed by atoms with Gasteiger partial charge in [0, 0.05) is 24.8 Å². The summed E-state index contributed by atoms with van der Waals surface area (Å²) < 4.78 is 87.5. The number of amides is 1. The zero-order valence-corrected chi connectivity index (χ0v) is 22.2. The molecule has 2 N–H and O–H groups in total. The third-order valence-electron chi connectivity index (χ3n) is 7.32. The number of anilines is 1. The number of carbonyl (C=O) groups excluding carboxylic acids is 1. The maximum Gasteiger partial charge on any atom is 0.420 e. The molecule has 1 fully saturated rings.